The molecule has 3 rings (SSSR count). The first-order valence-corrected chi connectivity index (χ1v) is 11.4. The van der Waals surface area contributed by atoms with Gasteiger partial charge in [0, 0.05) is 31.5 Å². The van der Waals surface area contributed by atoms with Crippen LogP contribution in [0, 0.1) is 5.82 Å². The van der Waals surface area contributed by atoms with Crippen molar-refractivity contribution in [2.24, 2.45) is 0 Å². The Kier molecular flexibility index (Phi) is 9.50. The standard InChI is InChI=1S/C25H32FN3O4/c1-4-6-7-11-31-24-16-21-19(15-23(24)32-13-12-30-10-5-2)25(29-17-28-21)33-22-9-8-18(27-3)14-20(22)26/h8-9,14-17,27H,4-7,10-13H2,1-3H3. The molecule has 0 bridgehead atoms. The Balaban J connectivity index is 1.87. The van der Waals surface area contributed by atoms with E-state index in [0.29, 0.717) is 54.5 Å². The third kappa shape index (κ3) is 6.92. The Bertz CT molecular complexity index is 1030. The maximum atomic E-state index is 14.5. The lowest BCUT2D eigenvalue weighted by atomic mass is 10.2. The summed E-state index contributed by atoms with van der Waals surface area (Å²) < 4.78 is 37.8. The molecule has 1 heterocycles. The van der Waals surface area contributed by atoms with Crippen LogP contribution in [0.15, 0.2) is 36.7 Å². The summed E-state index contributed by atoms with van der Waals surface area (Å²) in [7, 11) is 1.73. The van der Waals surface area contributed by atoms with E-state index in [9.17, 15) is 4.39 Å². The van der Waals surface area contributed by atoms with E-state index in [1.54, 1.807) is 31.3 Å². The summed E-state index contributed by atoms with van der Waals surface area (Å²) in [5, 5.41) is 3.49. The van der Waals surface area contributed by atoms with Crippen molar-refractivity contribution >= 4 is 16.6 Å². The first-order chi connectivity index (χ1) is 16.2. The number of hydrogen-bond acceptors (Lipinski definition) is 7. The third-order valence-corrected chi connectivity index (χ3v) is 4.93. The molecule has 8 heteroatoms. The number of unbranched alkanes of at least 4 members (excludes halogenated alkanes) is 2. The number of halogens is 1. The first kappa shape index (κ1) is 24.5. The summed E-state index contributed by atoms with van der Waals surface area (Å²) in [6.45, 7) is 6.32. The fourth-order valence-electron chi connectivity index (χ4n) is 3.18. The van der Waals surface area contributed by atoms with E-state index in [1.165, 1.54) is 12.4 Å². The van der Waals surface area contributed by atoms with E-state index in [4.69, 9.17) is 18.9 Å². The SMILES string of the molecule is CCCCCOc1cc2ncnc(Oc3ccc(NC)cc3F)c2cc1OCCOCCC. The largest absolute Gasteiger partial charge is 0.490 e. The van der Waals surface area contributed by atoms with Crippen LogP contribution in [0.4, 0.5) is 10.1 Å². The summed E-state index contributed by atoms with van der Waals surface area (Å²) in [5.41, 5.74) is 1.27. The Morgan fingerprint density at radius 1 is 0.848 bits per heavy atom. The summed E-state index contributed by atoms with van der Waals surface area (Å²) in [4.78, 5) is 8.57. The number of nitrogens with one attached hydrogen (secondary N) is 1. The summed E-state index contributed by atoms with van der Waals surface area (Å²) in [5.74, 6) is 0.965. The zero-order valence-corrected chi connectivity index (χ0v) is 19.5. The molecule has 1 aromatic heterocycles. The van der Waals surface area contributed by atoms with E-state index in [-0.39, 0.29) is 11.6 Å². The van der Waals surface area contributed by atoms with E-state index in [1.807, 2.05) is 0 Å². The normalized spacial score (nSPS) is 10.9. The number of ether oxygens (including phenoxy) is 4. The van der Waals surface area contributed by atoms with Crippen LogP contribution in [0.25, 0.3) is 10.9 Å². The molecule has 3 aromatic rings. The predicted octanol–water partition coefficient (Wildman–Crippen LogP) is 5.98. The molecule has 0 spiro atoms. The second-order valence-electron chi connectivity index (χ2n) is 7.51. The highest BCUT2D eigenvalue weighted by molar-refractivity contribution is 5.87. The van der Waals surface area contributed by atoms with Gasteiger partial charge in [-0.15, -0.1) is 0 Å². The van der Waals surface area contributed by atoms with Gasteiger partial charge in [0.1, 0.15) is 12.9 Å². The van der Waals surface area contributed by atoms with Gasteiger partial charge in [0.2, 0.25) is 5.88 Å². The summed E-state index contributed by atoms with van der Waals surface area (Å²) >= 11 is 0. The summed E-state index contributed by atoms with van der Waals surface area (Å²) in [6, 6.07) is 8.24. The van der Waals surface area contributed by atoms with E-state index < -0.39 is 5.82 Å². The highest BCUT2D eigenvalue weighted by Crippen LogP contribution is 2.37. The van der Waals surface area contributed by atoms with Crippen molar-refractivity contribution in [3.63, 3.8) is 0 Å². The molecule has 0 radical (unpaired) electrons. The topological polar surface area (TPSA) is 74.7 Å². The second-order valence-corrected chi connectivity index (χ2v) is 7.51. The predicted molar refractivity (Wildman–Crippen MR) is 127 cm³/mol. The maximum Gasteiger partial charge on any atom is 0.230 e. The minimum atomic E-state index is -0.492. The average molecular weight is 458 g/mol. The minimum Gasteiger partial charge on any atom is -0.490 e. The number of hydrogen-bond donors (Lipinski definition) is 1. The Labute approximate surface area is 194 Å². The van der Waals surface area contributed by atoms with Gasteiger partial charge < -0.3 is 24.3 Å². The average Bonchev–Trinajstić information content (AvgIpc) is 2.83. The lowest BCUT2D eigenvalue weighted by Gasteiger charge is -2.15. The molecule has 0 aliphatic rings. The molecule has 0 unspecified atom stereocenters. The van der Waals surface area contributed by atoms with Crippen LogP contribution in [0.3, 0.4) is 0 Å². The highest BCUT2D eigenvalue weighted by atomic mass is 19.1. The van der Waals surface area contributed by atoms with Crippen molar-refractivity contribution in [3.8, 4) is 23.1 Å². The smallest absolute Gasteiger partial charge is 0.230 e. The fourth-order valence-corrected chi connectivity index (χ4v) is 3.18. The van der Waals surface area contributed by atoms with Gasteiger partial charge >= 0.3 is 0 Å². The zero-order chi connectivity index (χ0) is 23.5. The van der Waals surface area contributed by atoms with Crippen molar-refractivity contribution < 1.29 is 23.3 Å². The minimum absolute atomic E-state index is 0.0735. The zero-order valence-electron chi connectivity index (χ0n) is 19.5. The number of anilines is 1. The molecule has 0 aliphatic carbocycles. The molecule has 0 atom stereocenters. The van der Waals surface area contributed by atoms with Crippen LogP contribution in [0.1, 0.15) is 39.5 Å². The Morgan fingerprint density at radius 3 is 2.42 bits per heavy atom. The molecule has 2 aromatic carbocycles. The van der Waals surface area contributed by atoms with Crippen LogP contribution in [0.5, 0.6) is 23.1 Å². The number of nitrogens with zero attached hydrogens (tertiary/aromatic N) is 2. The van der Waals surface area contributed by atoms with Crippen LogP contribution in [-0.4, -0.2) is 43.4 Å². The van der Waals surface area contributed by atoms with Crippen LogP contribution < -0.4 is 19.5 Å². The molecule has 0 saturated carbocycles. The third-order valence-electron chi connectivity index (χ3n) is 4.93. The quantitative estimate of drug-likeness (QED) is 0.299. The number of benzene rings is 2. The molecule has 7 nitrogen and oxygen atoms in total. The number of rotatable bonds is 14. The Morgan fingerprint density at radius 2 is 1.67 bits per heavy atom. The van der Waals surface area contributed by atoms with Crippen LogP contribution in [0.2, 0.25) is 0 Å². The van der Waals surface area contributed by atoms with E-state index in [2.05, 4.69) is 29.1 Å². The van der Waals surface area contributed by atoms with Crippen LogP contribution >= 0.6 is 0 Å². The van der Waals surface area contributed by atoms with Gasteiger partial charge in [-0.3, -0.25) is 0 Å². The monoisotopic (exact) mass is 457 g/mol. The van der Waals surface area contributed by atoms with Gasteiger partial charge in [-0.05, 0) is 31.0 Å². The molecule has 33 heavy (non-hydrogen) atoms. The molecular formula is C25H32FN3O4. The van der Waals surface area contributed by atoms with Crippen molar-refractivity contribution in [2.45, 2.75) is 39.5 Å². The lowest BCUT2D eigenvalue weighted by Crippen LogP contribution is -2.09. The molecule has 0 saturated heterocycles. The van der Waals surface area contributed by atoms with Gasteiger partial charge in [-0.1, -0.05) is 26.7 Å². The van der Waals surface area contributed by atoms with Crippen molar-refractivity contribution in [3.05, 3.63) is 42.5 Å². The molecule has 0 amide bonds. The maximum absolute atomic E-state index is 14.5. The lowest BCUT2D eigenvalue weighted by molar-refractivity contribution is 0.0991. The fraction of sp³-hybridized carbons (Fsp3) is 0.440. The number of aromatic nitrogens is 2. The van der Waals surface area contributed by atoms with E-state index in [0.717, 1.165) is 25.7 Å². The molecular weight excluding hydrogens is 425 g/mol. The van der Waals surface area contributed by atoms with Crippen molar-refractivity contribution in [2.75, 3.05) is 38.8 Å². The second kappa shape index (κ2) is 12.8. The first-order valence-electron chi connectivity index (χ1n) is 11.4. The molecule has 1 N–H and O–H groups in total. The number of fused-ring (bicyclic) bond motifs is 1. The van der Waals surface area contributed by atoms with Gasteiger partial charge in [0.15, 0.2) is 23.1 Å². The van der Waals surface area contributed by atoms with Crippen molar-refractivity contribution in [1.29, 1.82) is 0 Å². The van der Waals surface area contributed by atoms with Gasteiger partial charge in [0.05, 0.1) is 24.1 Å². The highest BCUT2D eigenvalue weighted by Gasteiger charge is 2.15. The van der Waals surface area contributed by atoms with E-state index >= 15 is 0 Å². The Hall–Kier alpha value is -3.13. The van der Waals surface area contributed by atoms with Crippen molar-refractivity contribution in [1.82, 2.24) is 9.97 Å². The van der Waals surface area contributed by atoms with Gasteiger partial charge in [0.25, 0.3) is 0 Å². The molecule has 0 aliphatic heterocycles. The van der Waals surface area contributed by atoms with Gasteiger partial charge in [-0.2, -0.15) is 0 Å². The molecule has 0 fully saturated rings. The van der Waals surface area contributed by atoms with Crippen LogP contribution in [-0.2, 0) is 4.74 Å². The molecule has 178 valence electrons. The summed E-state index contributed by atoms with van der Waals surface area (Å²) in [6.07, 6.45) is 5.49. The van der Waals surface area contributed by atoms with Gasteiger partial charge in [-0.25, -0.2) is 14.4 Å².